The van der Waals surface area contributed by atoms with E-state index in [9.17, 15) is 0 Å². The maximum Gasteiger partial charge on any atom is 0.128 e. The maximum atomic E-state index is 6.31. The minimum atomic E-state index is 0.0528. The Morgan fingerprint density at radius 2 is 2.27 bits per heavy atom. The predicted octanol–water partition coefficient (Wildman–Crippen LogP) is 3.40. The zero-order valence-corrected chi connectivity index (χ0v) is 9.97. The van der Waals surface area contributed by atoms with Crippen LogP contribution < -0.4 is 4.74 Å². The second-order valence-electron chi connectivity index (χ2n) is 4.05. The summed E-state index contributed by atoms with van der Waals surface area (Å²) in [7, 11) is 1.72. The number of hydrogen-bond donors (Lipinski definition) is 0. The molecule has 0 saturated heterocycles. The number of aromatic nitrogens is 1. The van der Waals surface area contributed by atoms with Gasteiger partial charge in [-0.25, -0.2) is 0 Å². The molecule has 2 nitrogen and oxygen atoms in total. The van der Waals surface area contributed by atoms with Crippen molar-refractivity contribution in [2.24, 2.45) is 0 Å². The van der Waals surface area contributed by atoms with Gasteiger partial charge in [-0.05, 0) is 26.2 Å². The van der Waals surface area contributed by atoms with Crippen molar-refractivity contribution >= 4 is 11.6 Å². The summed E-state index contributed by atoms with van der Waals surface area (Å²) in [5.41, 5.74) is 3.34. The van der Waals surface area contributed by atoms with E-state index in [1.54, 1.807) is 7.11 Å². The van der Waals surface area contributed by atoms with Crippen LogP contribution in [-0.2, 0) is 6.42 Å². The van der Waals surface area contributed by atoms with Crippen molar-refractivity contribution in [2.45, 2.75) is 38.0 Å². The Labute approximate surface area is 95.6 Å². The SMILES string of the molecule is COc1c(C)cnc2c1CCCCC2Cl. The molecule has 0 saturated carbocycles. The average molecular weight is 226 g/mol. The van der Waals surface area contributed by atoms with Crippen LogP contribution in [0.15, 0.2) is 6.20 Å². The fourth-order valence-electron chi connectivity index (χ4n) is 2.22. The van der Waals surface area contributed by atoms with Gasteiger partial charge < -0.3 is 4.74 Å². The van der Waals surface area contributed by atoms with Gasteiger partial charge in [-0.1, -0.05) is 6.42 Å². The smallest absolute Gasteiger partial charge is 0.128 e. The molecule has 82 valence electrons. The van der Waals surface area contributed by atoms with Crippen LogP contribution in [-0.4, -0.2) is 12.1 Å². The number of nitrogens with zero attached hydrogens (tertiary/aromatic N) is 1. The van der Waals surface area contributed by atoms with Gasteiger partial charge in [0.1, 0.15) is 5.75 Å². The van der Waals surface area contributed by atoms with E-state index in [0.29, 0.717) is 0 Å². The predicted molar refractivity (Wildman–Crippen MR) is 61.7 cm³/mol. The molecule has 0 fully saturated rings. The first kappa shape index (κ1) is 10.7. The first-order valence-corrected chi connectivity index (χ1v) is 5.84. The van der Waals surface area contributed by atoms with Gasteiger partial charge in [0, 0.05) is 17.3 Å². The molecule has 15 heavy (non-hydrogen) atoms. The van der Waals surface area contributed by atoms with Crippen LogP contribution in [0.3, 0.4) is 0 Å². The third-order valence-corrected chi connectivity index (χ3v) is 3.40. The van der Waals surface area contributed by atoms with Gasteiger partial charge in [0.2, 0.25) is 0 Å². The second-order valence-corrected chi connectivity index (χ2v) is 4.58. The Kier molecular flexibility index (Phi) is 3.15. The molecule has 0 N–H and O–H groups in total. The number of alkyl halides is 1. The highest BCUT2D eigenvalue weighted by atomic mass is 35.5. The van der Waals surface area contributed by atoms with Crippen molar-refractivity contribution in [1.29, 1.82) is 0 Å². The lowest BCUT2D eigenvalue weighted by Gasteiger charge is -2.15. The van der Waals surface area contributed by atoms with Gasteiger partial charge in [0.15, 0.2) is 0 Å². The molecular weight excluding hydrogens is 210 g/mol. The summed E-state index contributed by atoms with van der Waals surface area (Å²) >= 11 is 6.31. The number of rotatable bonds is 1. The molecule has 0 spiro atoms. The number of aryl methyl sites for hydroxylation is 1. The Balaban J connectivity index is 2.53. The highest BCUT2D eigenvalue weighted by Crippen LogP contribution is 2.37. The monoisotopic (exact) mass is 225 g/mol. The largest absolute Gasteiger partial charge is 0.496 e. The van der Waals surface area contributed by atoms with Gasteiger partial charge in [0.25, 0.3) is 0 Å². The van der Waals surface area contributed by atoms with E-state index in [1.807, 2.05) is 13.1 Å². The molecule has 1 aliphatic carbocycles. The molecule has 0 bridgehead atoms. The molecule has 2 rings (SSSR count). The first-order valence-electron chi connectivity index (χ1n) is 5.40. The molecule has 1 atom stereocenters. The van der Waals surface area contributed by atoms with Crippen molar-refractivity contribution < 1.29 is 4.74 Å². The molecule has 1 heterocycles. The molecule has 1 aliphatic rings. The van der Waals surface area contributed by atoms with Crippen LogP contribution in [0.1, 0.15) is 41.5 Å². The third-order valence-electron chi connectivity index (χ3n) is 2.97. The summed E-state index contributed by atoms with van der Waals surface area (Å²) < 4.78 is 5.45. The van der Waals surface area contributed by atoms with Gasteiger partial charge >= 0.3 is 0 Å². The molecule has 0 amide bonds. The summed E-state index contributed by atoms with van der Waals surface area (Å²) in [6, 6.07) is 0. The molecular formula is C12H16ClNO. The van der Waals surface area contributed by atoms with Crippen molar-refractivity contribution in [3.8, 4) is 5.75 Å². The Morgan fingerprint density at radius 3 is 3.00 bits per heavy atom. The van der Waals surface area contributed by atoms with Gasteiger partial charge in [-0.2, -0.15) is 0 Å². The zero-order chi connectivity index (χ0) is 10.8. The van der Waals surface area contributed by atoms with Gasteiger partial charge in [-0.15, -0.1) is 11.6 Å². The van der Waals surface area contributed by atoms with Crippen molar-refractivity contribution in [3.05, 3.63) is 23.0 Å². The highest BCUT2D eigenvalue weighted by Gasteiger charge is 2.21. The topological polar surface area (TPSA) is 22.1 Å². The van der Waals surface area contributed by atoms with Crippen molar-refractivity contribution in [1.82, 2.24) is 4.98 Å². The molecule has 1 aromatic heterocycles. The van der Waals surface area contributed by atoms with Gasteiger partial charge in [0.05, 0.1) is 18.2 Å². The van der Waals surface area contributed by atoms with Crippen LogP contribution in [0.4, 0.5) is 0 Å². The maximum absolute atomic E-state index is 6.31. The number of halogens is 1. The summed E-state index contributed by atoms with van der Waals surface area (Å²) in [6.07, 6.45) is 6.27. The quantitative estimate of drug-likeness (QED) is 0.540. The van der Waals surface area contributed by atoms with E-state index in [1.165, 1.54) is 18.4 Å². The highest BCUT2D eigenvalue weighted by molar-refractivity contribution is 6.20. The van der Waals surface area contributed by atoms with Gasteiger partial charge in [-0.3, -0.25) is 4.98 Å². The third kappa shape index (κ3) is 1.96. The van der Waals surface area contributed by atoms with E-state index in [-0.39, 0.29) is 5.38 Å². The molecule has 0 radical (unpaired) electrons. The molecule has 3 heteroatoms. The van der Waals surface area contributed by atoms with E-state index >= 15 is 0 Å². The zero-order valence-electron chi connectivity index (χ0n) is 9.22. The molecule has 1 unspecified atom stereocenters. The lowest BCUT2D eigenvalue weighted by molar-refractivity contribution is 0.404. The summed E-state index contributed by atoms with van der Waals surface area (Å²) in [6.45, 7) is 2.03. The Hall–Kier alpha value is -0.760. The molecule has 0 aliphatic heterocycles. The van der Waals surface area contributed by atoms with Crippen molar-refractivity contribution in [2.75, 3.05) is 7.11 Å². The second kappa shape index (κ2) is 4.40. The molecule has 0 aromatic carbocycles. The van der Waals surface area contributed by atoms with E-state index in [0.717, 1.165) is 29.8 Å². The number of hydrogen-bond acceptors (Lipinski definition) is 2. The fourth-order valence-corrected chi connectivity index (χ4v) is 2.56. The van der Waals surface area contributed by atoms with Crippen LogP contribution in [0.25, 0.3) is 0 Å². The first-order chi connectivity index (χ1) is 7.24. The minimum Gasteiger partial charge on any atom is -0.496 e. The van der Waals surface area contributed by atoms with E-state index < -0.39 is 0 Å². The fraction of sp³-hybridized carbons (Fsp3) is 0.583. The van der Waals surface area contributed by atoms with E-state index in [2.05, 4.69) is 4.98 Å². The Bertz CT molecular complexity index is 365. The summed E-state index contributed by atoms with van der Waals surface area (Å²) in [5.74, 6) is 0.979. The average Bonchev–Trinajstić information content (AvgIpc) is 2.41. The van der Waals surface area contributed by atoms with Crippen LogP contribution >= 0.6 is 11.6 Å². The lowest BCUT2D eigenvalue weighted by atomic mass is 10.1. The number of methoxy groups -OCH3 is 1. The van der Waals surface area contributed by atoms with Crippen LogP contribution in [0.2, 0.25) is 0 Å². The summed E-state index contributed by atoms with van der Waals surface area (Å²) in [5, 5.41) is 0.0528. The standard InChI is InChI=1S/C12H16ClNO/c1-8-7-14-11-9(12(8)15-2)5-3-4-6-10(11)13/h7,10H,3-6H2,1-2H3. The summed E-state index contributed by atoms with van der Waals surface area (Å²) in [4.78, 5) is 4.46. The minimum absolute atomic E-state index is 0.0528. The van der Waals surface area contributed by atoms with Crippen LogP contribution in [0.5, 0.6) is 5.75 Å². The van der Waals surface area contributed by atoms with E-state index in [4.69, 9.17) is 16.3 Å². The van der Waals surface area contributed by atoms with Crippen LogP contribution in [0, 0.1) is 6.92 Å². The normalized spacial score (nSPS) is 20.6. The number of ether oxygens (including phenoxy) is 1. The lowest BCUT2D eigenvalue weighted by Crippen LogP contribution is -2.03. The number of pyridine rings is 1. The Morgan fingerprint density at radius 1 is 1.47 bits per heavy atom. The van der Waals surface area contributed by atoms with Crippen molar-refractivity contribution in [3.63, 3.8) is 0 Å². The molecule has 1 aromatic rings. The number of fused-ring (bicyclic) bond motifs is 1.